The first-order valence-corrected chi connectivity index (χ1v) is 5.48. The van der Waals surface area contributed by atoms with Gasteiger partial charge in [-0.2, -0.15) is 0 Å². The Hall–Kier alpha value is -2.04. The standard InChI is InChI=1S/C12H15N3O2/c1-15(10-5-6-10)12(16)9-4-2-3-8(7-9)11(13)14-17/h2-4,7,10,17H,5-6H2,1H3,(H2,13,14). The third kappa shape index (κ3) is 2.38. The quantitative estimate of drug-likeness (QED) is 0.354. The average molecular weight is 233 g/mol. The lowest BCUT2D eigenvalue weighted by atomic mass is 10.1. The molecule has 0 unspecified atom stereocenters. The van der Waals surface area contributed by atoms with E-state index < -0.39 is 0 Å². The van der Waals surface area contributed by atoms with E-state index in [1.54, 1.807) is 36.2 Å². The molecule has 90 valence electrons. The molecule has 1 aromatic rings. The van der Waals surface area contributed by atoms with Crippen LogP contribution in [0.5, 0.6) is 0 Å². The number of hydrogen-bond acceptors (Lipinski definition) is 3. The van der Waals surface area contributed by atoms with Crippen molar-refractivity contribution in [3.8, 4) is 0 Å². The normalized spacial score (nSPS) is 15.7. The van der Waals surface area contributed by atoms with Crippen LogP contribution in [-0.2, 0) is 0 Å². The van der Waals surface area contributed by atoms with E-state index in [9.17, 15) is 4.79 Å². The first-order valence-electron chi connectivity index (χ1n) is 5.48. The number of benzene rings is 1. The summed E-state index contributed by atoms with van der Waals surface area (Å²) in [5.74, 6) is -0.0196. The van der Waals surface area contributed by atoms with Gasteiger partial charge in [0.05, 0.1) is 0 Å². The minimum absolute atomic E-state index is 0.00808. The predicted molar refractivity (Wildman–Crippen MR) is 64.1 cm³/mol. The van der Waals surface area contributed by atoms with Gasteiger partial charge in [0.1, 0.15) is 0 Å². The van der Waals surface area contributed by atoms with Crippen LogP contribution in [0.1, 0.15) is 28.8 Å². The molecule has 1 aliphatic carbocycles. The Balaban J connectivity index is 2.23. The van der Waals surface area contributed by atoms with Crippen LogP contribution in [0.15, 0.2) is 29.4 Å². The van der Waals surface area contributed by atoms with Crippen LogP contribution in [0.2, 0.25) is 0 Å². The minimum atomic E-state index is -0.0277. The molecule has 0 heterocycles. The molecule has 0 radical (unpaired) electrons. The summed E-state index contributed by atoms with van der Waals surface area (Å²) in [7, 11) is 1.80. The van der Waals surface area contributed by atoms with Crippen LogP contribution >= 0.6 is 0 Å². The Morgan fingerprint density at radius 2 is 2.12 bits per heavy atom. The van der Waals surface area contributed by atoms with E-state index in [0.717, 1.165) is 12.8 Å². The van der Waals surface area contributed by atoms with E-state index in [4.69, 9.17) is 10.9 Å². The molecule has 0 aromatic heterocycles. The molecule has 1 fully saturated rings. The molecule has 0 bridgehead atoms. The van der Waals surface area contributed by atoms with E-state index in [2.05, 4.69) is 5.16 Å². The summed E-state index contributed by atoms with van der Waals surface area (Å²) in [4.78, 5) is 13.8. The fourth-order valence-electron chi connectivity index (χ4n) is 1.70. The summed E-state index contributed by atoms with van der Waals surface area (Å²) < 4.78 is 0. The maximum atomic E-state index is 12.1. The van der Waals surface area contributed by atoms with Crippen molar-refractivity contribution in [2.24, 2.45) is 10.9 Å². The molecule has 1 aliphatic rings. The lowest BCUT2D eigenvalue weighted by Crippen LogP contribution is -2.29. The number of nitrogens with two attached hydrogens (primary N) is 1. The summed E-state index contributed by atoms with van der Waals surface area (Å²) in [6.07, 6.45) is 2.14. The van der Waals surface area contributed by atoms with Gasteiger partial charge in [-0.05, 0) is 25.0 Å². The van der Waals surface area contributed by atoms with Gasteiger partial charge < -0.3 is 15.8 Å². The molecule has 2 rings (SSSR count). The van der Waals surface area contributed by atoms with Crippen LogP contribution in [0.3, 0.4) is 0 Å². The average Bonchev–Trinajstić information content (AvgIpc) is 3.20. The number of hydrogen-bond donors (Lipinski definition) is 2. The maximum Gasteiger partial charge on any atom is 0.253 e. The van der Waals surface area contributed by atoms with Crippen LogP contribution in [0.25, 0.3) is 0 Å². The van der Waals surface area contributed by atoms with Crippen molar-refractivity contribution in [3.05, 3.63) is 35.4 Å². The number of nitrogens with zero attached hydrogens (tertiary/aromatic N) is 2. The molecule has 17 heavy (non-hydrogen) atoms. The second-order valence-electron chi connectivity index (χ2n) is 4.21. The molecule has 0 aliphatic heterocycles. The number of oxime groups is 1. The van der Waals surface area contributed by atoms with Crippen molar-refractivity contribution in [1.82, 2.24) is 4.90 Å². The van der Waals surface area contributed by atoms with E-state index in [-0.39, 0.29) is 11.7 Å². The minimum Gasteiger partial charge on any atom is -0.409 e. The lowest BCUT2D eigenvalue weighted by molar-refractivity contribution is 0.0785. The molecular formula is C12H15N3O2. The van der Waals surface area contributed by atoms with Crippen molar-refractivity contribution in [2.75, 3.05) is 7.05 Å². The smallest absolute Gasteiger partial charge is 0.253 e. The fraction of sp³-hybridized carbons (Fsp3) is 0.333. The Kier molecular flexibility index (Phi) is 2.99. The summed E-state index contributed by atoms with van der Waals surface area (Å²) >= 11 is 0. The highest BCUT2D eigenvalue weighted by molar-refractivity contribution is 6.01. The Labute approximate surface area is 99.5 Å². The zero-order valence-electron chi connectivity index (χ0n) is 9.63. The third-order valence-corrected chi connectivity index (χ3v) is 2.93. The van der Waals surface area contributed by atoms with E-state index >= 15 is 0 Å². The Morgan fingerprint density at radius 1 is 1.47 bits per heavy atom. The highest BCUT2D eigenvalue weighted by Crippen LogP contribution is 2.26. The molecule has 1 aromatic carbocycles. The van der Waals surface area contributed by atoms with Crippen molar-refractivity contribution in [1.29, 1.82) is 0 Å². The van der Waals surface area contributed by atoms with Crippen LogP contribution in [0.4, 0.5) is 0 Å². The van der Waals surface area contributed by atoms with E-state index in [0.29, 0.717) is 17.2 Å². The van der Waals surface area contributed by atoms with Crippen LogP contribution < -0.4 is 5.73 Å². The Morgan fingerprint density at radius 3 is 2.71 bits per heavy atom. The summed E-state index contributed by atoms with van der Waals surface area (Å²) in [5, 5.41) is 11.5. The molecule has 1 saturated carbocycles. The molecule has 5 nitrogen and oxygen atoms in total. The first-order chi connectivity index (χ1) is 8.13. The van der Waals surface area contributed by atoms with E-state index in [1.807, 2.05) is 0 Å². The number of amidine groups is 1. The van der Waals surface area contributed by atoms with Crippen molar-refractivity contribution in [3.63, 3.8) is 0 Å². The number of rotatable bonds is 3. The third-order valence-electron chi connectivity index (χ3n) is 2.93. The largest absolute Gasteiger partial charge is 0.409 e. The number of carbonyl (C=O) groups excluding carboxylic acids is 1. The van der Waals surface area contributed by atoms with Gasteiger partial charge in [0.25, 0.3) is 5.91 Å². The molecular weight excluding hydrogens is 218 g/mol. The van der Waals surface area contributed by atoms with E-state index in [1.165, 1.54) is 0 Å². The van der Waals surface area contributed by atoms with Gasteiger partial charge >= 0.3 is 0 Å². The molecule has 3 N–H and O–H groups in total. The summed E-state index contributed by atoms with van der Waals surface area (Å²) in [6.45, 7) is 0. The van der Waals surface area contributed by atoms with Crippen molar-refractivity contribution >= 4 is 11.7 Å². The van der Waals surface area contributed by atoms with Gasteiger partial charge in [-0.1, -0.05) is 17.3 Å². The van der Waals surface area contributed by atoms with Gasteiger partial charge in [-0.25, -0.2) is 0 Å². The topological polar surface area (TPSA) is 78.9 Å². The maximum absolute atomic E-state index is 12.1. The molecule has 1 amide bonds. The van der Waals surface area contributed by atoms with Crippen molar-refractivity contribution < 1.29 is 10.0 Å². The first kappa shape index (κ1) is 11.4. The second kappa shape index (κ2) is 4.45. The van der Waals surface area contributed by atoms with Crippen LogP contribution in [-0.4, -0.2) is 34.9 Å². The fourth-order valence-corrected chi connectivity index (χ4v) is 1.70. The zero-order chi connectivity index (χ0) is 12.4. The van der Waals surface area contributed by atoms with Gasteiger partial charge in [-0.3, -0.25) is 4.79 Å². The van der Waals surface area contributed by atoms with Crippen molar-refractivity contribution in [2.45, 2.75) is 18.9 Å². The number of carbonyl (C=O) groups is 1. The Bertz CT molecular complexity index is 467. The van der Waals surface area contributed by atoms with Gasteiger partial charge in [0.2, 0.25) is 0 Å². The van der Waals surface area contributed by atoms with Gasteiger partial charge in [0, 0.05) is 24.2 Å². The molecule has 0 saturated heterocycles. The summed E-state index contributed by atoms with van der Waals surface area (Å²) in [6, 6.07) is 7.16. The summed E-state index contributed by atoms with van der Waals surface area (Å²) in [5.41, 5.74) is 6.59. The number of amides is 1. The SMILES string of the molecule is CN(C(=O)c1cccc(/C(N)=N/O)c1)C1CC1. The molecule has 0 atom stereocenters. The molecule has 0 spiro atoms. The van der Waals surface area contributed by atoms with Gasteiger partial charge in [0.15, 0.2) is 5.84 Å². The van der Waals surface area contributed by atoms with Gasteiger partial charge in [-0.15, -0.1) is 0 Å². The highest BCUT2D eigenvalue weighted by Gasteiger charge is 2.30. The highest BCUT2D eigenvalue weighted by atomic mass is 16.4. The predicted octanol–water partition coefficient (Wildman–Crippen LogP) is 1.02. The monoisotopic (exact) mass is 233 g/mol. The van der Waals surface area contributed by atoms with Crippen LogP contribution in [0, 0.1) is 0 Å². The molecule has 5 heteroatoms. The zero-order valence-corrected chi connectivity index (χ0v) is 9.63. The second-order valence-corrected chi connectivity index (χ2v) is 4.21. The lowest BCUT2D eigenvalue weighted by Gasteiger charge is -2.16.